The van der Waals surface area contributed by atoms with E-state index < -0.39 is 0 Å². The van der Waals surface area contributed by atoms with Gasteiger partial charge >= 0.3 is 6.03 Å². The van der Waals surface area contributed by atoms with E-state index in [2.05, 4.69) is 27.7 Å². The summed E-state index contributed by atoms with van der Waals surface area (Å²) in [6, 6.07) is 14.8. The van der Waals surface area contributed by atoms with Crippen molar-refractivity contribution in [3.8, 4) is 5.75 Å². The number of hydrogen-bond acceptors (Lipinski definition) is 4. The standard InChI is InChI=1S/C23H29N3O3/c1-17(27)19-7-6-8-20(15-19)25-23(28)24-16-22(26-13-4-3-5-14-26)18-9-11-21(29-2)12-10-18/h6-12,15,22H,3-5,13-14,16H2,1-2H3,(H2,24,25,28). The summed E-state index contributed by atoms with van der Waals surface area (Å²) in [5.41, 5.74) is 2.34. The molecule has 0 spiro atoms. The second-order valence-electron chi connectivity index (χ2n) is 7.36. The minimum Gasteiger partial charge on any atom is -0.497 e. The molecule has 1 unspecified atom stereocenters. The number of rotatable bonds is 7. The number of urea groups is 1. The van der Waals surface area contributed by atoms with E-state index in [4.69, 9.17) is 4.74 Å². The van der Waals surface area contributed by atoms with E-state index in [0.717, 1.165) is 24.4 Å². The van der Waals surface area contributed by atoms with Crippen molar-refractivity contribution in [1.29, 1.82) is 0 Å². The van der Waals surface area contributed by atoms with Gasteiger partial charge in [-0.25, -0.2) is 4.79 Å². The molecule has 1 heterocycles. The van der Waals surface area contributed by atoms with Crippen molar-refractivity contribution in [2.24, 2.45) is 0 Å². The SMILES string of the molecule is COc1ccc(C(CNC(=O)Nc2cccc(C(C)=O)c2)N2CCCCC2)cc1. The van der Waals surface area contributed by atoms with Crippen molar-refractivity contribution in [2.45, 2.75) is 32.2 Å². The number of Topliss-reactive ketones (excluding diaryl/α,β-unsaturated/α-hetero) is 1. The van der Waals surface area contributed by atoms with Gasteiger partial charge in [-0.15, -0.1) is 0 Å². The molecule has 2 N–H and O–H groups in total. The first-order valence-corrected chi connectivity index (χ1v) is 10.1. The summed E-state index contributed by atoms with van der Waals surface area (Å²) in [5, 5.41) is 5.82. The number of anilines is 1. The van der Waals surface area contributed by atoms with Gasteiger partial charge in [0.05, 0.1) is 13.2 Å². The van der Waals surface area contributed by atoms with Gasteiger partial charge < -0.3 is 15.4 Å². The monoisotopic (exact) mass is 395 g/mol. The maximum absolute atomic E-state index is 12.5. The Hall–Kier alpha value is -2.86. The van der Waals surface area contributed by atoms with Crippen LogP contribution in [0, 0.1) is 0 Å². The number of nitrogens with one attached hydrogen (secondary N) is 2. The van der Waals surface area contributed by atoms with Gasteiger partial charge in [0.25, 0.3) is 0 Å². The topological polar surface area (TPSA) is 70.7 Å². The Bertz CT molecular complexity index is 830. The van der Waals surface area contributed by atoms with Crippen LogP contribution in [0.3, 0.4) is 0 Å². The minimum atomic E-state index is -0.277. The van der Waals surface area contributed by atoms with E-state index in [1.807, 2.05) is 12.1 Å². The third-order valence-electron chi connectivity index (χ3n) is 5.31. The smallest absolute Gasteiger partial charge is 0.319 e. The first kappa shape index (κ1) is 20.9. The Labute approximate surface area is 172 Å². The van der Waals surface area contributed by atoms with Crippen LogP contribution in [0.1, 0.15) is 48.1 Å². The van der Waals surface area contributed by atoms with Crippen LogP contribution < -0.4 is 15.4 Å². The zero-order chi connectivity index (χ0) is 20.6. The Kier molecular flexibility index (Phi) is 7.25. The molecule has 0 radical (unpaired) electrons. The zero-order valence-electron chi connectivity index (χ0n) is 17.1. The highest BCUT2D eigenvalue weighted by Gasteiger charge is 2.23. The molecule has 154 valence electrons. The van der Waals surface area contributed by atoms with Crippen molar-refractivity contribution in [2.75, 3.05) is 32.1 Å². The Balaban J connectivity index is 1.66. The lowest BCUT2D eigenvalue weighted by Gasteiger charge is -2.35. The first-order chi connectivity index (χ1) is 14.1. The van der Waals surface area contributed by atoms with E-state index in [1.165, 1.54) is 26.2 Å². The Morgan fingerprint density at radius 3 is 2.45 bits per heavy atom. The summed E-state index contributed by atoms with van der Waals surface area (Å²) in [6.07, 6.45) is 3.61. The van der Waals surface area contributed by atoms with Crippen LogP contribution in [-0.4, -0.2) is 43.5 Å². The fraction of sp³-hybridized carbons (Fsp3) is 0.391. The van der Waals surface area contributed by atoms with E-state index >= 15 is 0 Å². The lowest BCUT2D eigenvalue weighted by molar-refractivity contribution is 0.101. The average Bonchev–Trinajstić information content (AvgIpc) is 2.75. The fourth-order valence-corrected chi connectivity index (χ4v) is 3.69. The van der Waals surface area contributed by atoms with Crippen LogP contribution in [0.15, 0.2) is 48.5 Å². The van der Waals surface area contributed by atoms with Crippen molar-refractivity contribution < 1.29 is 14.3 Å². The molecular weight excluding hydrogens is 366 g/mol. The molecule has 0 aromatic heterocycles. The fourth-order valence-electron chi connectivity index (χ4n) is 3.69. The molecule has 6 nitrogen and oxygen atoms in total. The van der Waals surface area contributed by atoms with Crippen LogP contribution >= 0.6 is 0 Å². The molecule has 29 heavy (non-hydrogen) atoms. The lowest BCUT2D eigenvalue weighted by atomic mass is 10.0. The van der Waals surface area contributed by atoms with Crippen molar-refractivity contribution in [1.82, 2.24) is 10.2 Å². The van der Waals surface area contributed by atoms with Gasteiger partial charge in [0.15, 0.2) is 5.78 Å². The Morgan fingerprint density at radius 2 is 1.79 bits per heavy atom. The molecule has 0 aliphatic carbocycles. The van der Waals surface area contributed by atoms with Crippen LogP contribution in [0.5, 0.6) is 5.75 Å². The summed E-state index contributed by atoms with van der Waals surface area (Å²) in [5.74, 6) is 0.793. The van der Waals surface area contributed by atoms with E-state index in [1.54, 1.807) is 31.4 Å². The summed E-state index contributed by atoms with van der Waals surface area (Å²) in [6.45, 7) is 4.07. The highest BCUT2D eigenvalue weighted by atomic mass is 16.5. The van der Waals surface area contributed by atoms with Gasteiger partial charge in [0.2, 0.25) is 0 Å². The number of hydrogen-bond donors (Lipinski definition) is 2. The predicted molar refractivity (Wildman–Crippen MR) is 115 cm³/mol. The average molecular weight is 396 g/mol. The third-order valence-corrected chi connectivity index (χ3v) is 5.31. The van der Waals surface area contributed by atoms with Crippen LogP contribution in [0.25, 0.3) is 0 Å². The normalized spacial score (nSPS) is 15.4. The van der Waals surface area contributed by atoms with Crippen LogP contribution in [-0.2, 0) is 0 Å². The van der Waals surface area contributed by atoms with Gasteiger partial charge in [-0.2, -0.15) is 0 Å². The second kappa shape index (κ2) is 10.1. The number of amides is 2. The number of carbonyl (C=O) groups is 2. The second-order valence-corrected chi connectivity index (χ2v) is 7.36. The highest BCUT2D eigenvalue weighted by Crippen LogP contribution is 2.26. The summed E-state index contributed by atoms with van der Waals surface area (Å²) < 4.78 is 5.27. The number of ether oxygens (including phenoxy) is 1. The van der Waals surface area contributed by atoms with Crippen molar-refractivity contribution in [3.63, 3.8) is 0 Å². The molecule has 1 atom stereocenters. The van der Waals surface area contributed by atoms with Gasteiger partial charge in [0.1, 0.15) is 5.75 Å². The van der Waals surface area contributed by atoms with Crippen LogP contribution in [0.4, 0.5) is 10.5 Å². The maximum atomic E-state index is 12.5. The zero-order valence-corrected chi connectivity index (χ0v) is 17.1. The number of ketones is 1. The van der Waals surface area contributed by atoms with Gasteiger partial charge in [-0.3, -0.25) is 9.69 Å². The molecule has 1 aliphatic heterocycles. The largest absolute Gasteiger partial charge is 0.497 e. The number of carbonyl (C=O) groups excluding carboxylic acids is 2. The molecule has 6 heteroatoms. The number of nitrogens with zero attached hydrogens (tertiary/aromatic N) is 1. The van der Waals surface area contributed by atoms with Crippen molar-refractivity contribution in [3.05, 3.63) is 59.7 Å². The molecule has 1 aliphatic rings. The molecule has 1 fully saturated rings. The molecule has 2 amide bonds. The van der Waals surface area contributed by atoms with Crippen molar-refractivity contribution >= 4 is 17.5 Å². The molecule has 1 saturated heterocycles. The van der Waals surface area contributed by atoms with Crippen LogP contribution in [0.2, 0.25) is 0 Å². The molecule has 0 bridgehead atoms. The molecule has 2 aromatic carbocycles. The first-order valence-electron chi connectivity index (χ1n) is 10.1. The lowest BCUT2D eigenvalue weighted by Crippen LogP contribution is -2.41. The third kappa shape index (κ3) is 5.81. The van der Waals surface area contributed by atoms with E-state index in [0.29, 0.717) is 17.8 Å². The number of benzene rings is 2. The summed E-state index contributed by atoms with van der Waals surface area (Å²) >= 11 is 0. The summed E-state index contributed by atoms with van der Waals surface area (Å²) in [7, 11) is 1.66. The number of piperidine rings is 1. The number of methoxy groups -OCH3 is 1. The molecular formula is C23H29N3O3. The molecule has 2 aromatic rings. The highest BCUT2D eigenvalue weighted by molar-refractivity contribution is 5.96. The van der Waals surface area contributed by atoms with Gasteiger partial charge in [0, 0.05) is 17.8 Å². The van der Waals surface area contributed by atoms with E-state index in [-0.39, 0.29) is 17.9 Å². The quantitative estimate of drug-likeness (QED) is 0.688. The molecule has 3 rings (SSSR count). The molecule has 0 saturated carbocycles. The Morgan fingerprint density at radius 1 is 1.07 bits per heavy atom. The summed E-state index contributed by atoms with van der Waals surface area (Å²) in [4.78, 5) is 26.4. The minimum absolute atomic E-state index is 0.0290. The van der Waals surface area contributed by atoms with E-state index in [9.17, 15) is 9.59 Å². The van der Waals surface area contributed by atoms with Gasteiger partial charge in [-0.05, 0) is 62.7 Å². The van der Waals surface area contributed by atoms with Gasteiger partial charge in [-0.1, -0.05) is 30.7 Å². The maximum Gasteiger partial charge on any atom is 0.319 e. The predicted octanol–water partition coefficient (Wildman–Crippen LogP) is 4.25. The number of likely N-dealkylation sites (tertiary alicyclic amines) is 1.